The van der Waals surface area contributed by atoms with E-state index in [4.69, 9.17) is 9.47 Å². The fourth-order valence-corrected chi connectivity index (χ4v) is 13.6. The van der Waals surface area contributed by atoms with Gasteiger partial charge in [-0.05, 0) is 138 Å². The number of nitrogens with zero attached hydrogens (tertiary/aromatic N) is 2. The van der Waals surface area contributed by atoms with Gasteiger partial charge in [0.15, 0.2) is 0 Å². The van der Waals surface area contributed by atoms with Crippen LogP contribution in [0.3, 0.4) is 0 Å². The summed E-state index contributed by atoms with van der Waals surface area (Å²) in [6.45, 7) is 4.51. The van der Waals surface area contributed by atoms with Gasteiger partial charge in [-0.15, -0.1) is 0 Å². The molecule has 0 saturated carbocycles. The molecule has 9 aromatic carbocycles. The average molecular weight is 941 g/mol. The molecule has 8 heteroatoms. The Morgan fingerprint density at radius 2 is 0.871 bits per heavy atom. The monoisotopic (exact) mass is 940 g/mol. The Hall–Kier alpha value is -6.99. The summed E-state index contributed by atoms with van der Waals surface area (Å²) in [7, 11) is 0. The Kier molecular flexibility index (Phi) is 11.1. The molecular weight excluding hydrogens is 890 g/mol. The Balaban J connectivity index is 1.01. The second-order valence-corrected chi connectivity index (χ2v) is 21.0. The van der Waals surface area contributed by atoms with Gasteiger partial charge in [-0.3, -0.25) is 0 Å². The normalized spacial score (nSPS) is 13.4. The maximum absolute atomic E-state index is 6.96. The van der Waals surface area contributed by atoms with Gasteiger partial charge in [-0.1, -0.05) is 164 Å². The van der Waals surface area contributed by atoms with Gasteiger partial charge in [0.05, 0.1) is 0 Å². The van der Waals surface area contributed by atoms with E-state index in [1.807, 2.05) is 23.5 Å². The number of para-hydroxylation sites is 3. The largest absolute Gasteiger partial charge is 0.457 e. The van der Waals surface area contributed by atoms with Crippen LogP contribution >= 0.6 is 23.5 Å². The van der Waals surface area contributed by atoms with E-state index in [1.54, 1.807) is 0 Å². The van der Waals surface area contributed by atoms with Crippen LogP contribution in [0.15, 0.2) is 214 Å². The second kappa shape index (κ2) is 18.1. The number of unbranched alkanes of at least 4 members (excludes halogenated alkanes) is 2. The molecule has 9 aromatic rings. The summed E-state index contributed by atoms with van der Waals surface area (Å²) in [4.78, 5) is 10.0. The third-order valence-corrected chi connectivity index (χ3v) is 16.7. The molecule has 13 rings (SSSR count). The molecule has 338 valence electrons. The highest BCUT2D eigenvalue weighted by atomic mass is 32.2. The molecule has 0 aromatic heterocycles. The second-order valence-electron chi connectivity index (χ2n) is 18.9. The number of anilines is 6. The van der Waals surface area contributed by atoms with E-state index in [1.165, 1.54) is 101 Å². The minimum Gasteiger partial charge on any atom is -0.457 e. The first-order valence-corrected chi connectivity index (χ1v) is 26.5. The molecule has 4 aliphatic rings. The SMILES string of the molecule is CCCCc1ccc(Oc2cc3c4c(c2)Sc2cc5c(cc2B4c2ccccc2S3)B2c3ccccc3N(c3ccccc3)c3cc(Oc4ccc(CCCC)cc4)cc(c32)N5c2ccccc2)cc1. The van der Waals surface area contributed by atoms with Gasteiger partial charge in [0.1, 0.15) is 23.0 Å². The fourth-order valence-electron chi connectivity index (χ4n) is 11.1. The topological polar surface area (TPSA) is 24.9 Å². The summed E-state index contributed by atoms with van der Waals surface area (Å²) in [5, 5.41) is 0. The zero-order chi connectivity index (χ0) is 46.7. The van der Waals surface area contributed by atoms with Gasteiger partial charge in [-0.2, -0.15) is 0 Å². The van der Waals surface area contributed by atoms with Crippen LogP contribution in [0.25, 0.3) is 0 Å². The van der Waals surface area contributed by atoms with Crippen molar-refractivity contribution in [1.82, 2.24) is 0 Å². The first kappa shape index (κ1) is 43.1. The summed E-state index contributed by atoms with van der Waals surface area (Å²) in [6.07, 6.45) is 6.89. The molecule has 0 aliphatic carbocycles. The van der Waals surface area contributed by atoms with Crippen LogP contribution < -0.4 is 52.1 Å². The predicted molar refractivity (Wildman–Crippen MR) is 297 cm³/mol. The molecular formula is C62H50B2N2O2S2. The van der Waals surface area contributed by atoms with Crippen molar-refractivity contribution in [2.45, 2.75) is 72.0 Å². The van der Waals surface area contributed by atoms with Crippen molar-refractivity contribution in [3.63, 3.8) is 0 Å². The molecule has 0 amide bonds. The van der Waals surface area contributed by atoms with Crippen LogP contribution in [0.1, 0.15) is 50.7 Å². The van der Waals surface area contributed by atoms with Gasteiger partial charge in [-0.25, -0.2) is 0 Å². The summed E-state index contributed by atoms with van der Waals surface area (Å²) < 4.78 is 13.7. The minimum absolute atomic E-state index is 0.0449. The Bertz CT molecular complexity index is 3440. The zero-order valence-electron chi connectivity index (χ0n) is 39.4. The quantitative estimate of drug-likeness (QED) is 0.113. The molecule has 4 nitrogen and oxygen atoms in total. The number of fused-ring (bicyclic) bond motifs is 8. The van der Waals surface area contributed by atoms with E-state index in [0.717, 1.165) is 58.6 Å². The van der Waals surface area contributed by atoms with Crippen molar-refractivity contribution in [2.24, 2.45) is 0 Å². The molecule has 4 heterocycles. The number of benzene rings is 9. The van der Waals surface area contributed by atoms with Crippen molar-refractivity contribution in [3.8, 4) is 23.0 Å². The molecule has 0 unspecified atom stereocenters. The number of rotatable bonds is 12. The van der Waals surface area contributed by atoms with Crippen LogP contribution in [0.5, 0.6) is 23.0 Å². The van der Waals surface area contributed by atoms with E-state index >= 15 is 0 Å². The van der Waals surface area contributed by atoms with Gasteiger partial charge in [0.2, 0.25) is 6.71 Å². The van der Waals surface area contributed by atoms with Gasteiger partial charge < -0.3 is 19.3 Å². The zero-order valence-corrected chi connectivity index (χ0v) is 41.0. The number of hydrogen-bond acceptors (Lipinski definition) is 6. The minimum atomic E-state index is -0.0449. The van der Waals surface area contributed by atoms with Gasteiger partial charge >= 0.3 is 0 Å². The molecule has 0 bridgehead atoms. The summed E-state index contributed by atoms with van der Waals surface area (Å²) in [6, 6.07) is 71.4. The van der Waals surface area contributed by atoms with Crippen molar-refractivity contribution in [2.75, 3.05) is 9.80 Å². The maximum atomic E-state index is 6.96. The van der Waals surface area contributed by atoms with Crippen LogP contribution in [0.2, 0.25) is 0 Å². The molecule has 0 radical (unpaired) electrons. The number of ether oxygens (including phenoxy) is 2. The average Bonchev–Trinajstić information content (AvgIpc) is 3.40. The summed E-state index contributed by atoms with van der Waals surface area (Å²) in [5.74, 6) is 3.36. The van der Waals surface area contributed by atoms with Crippen LogP contribution in [-0.4, -0.2) is 13.4 Å². The Morgan fingerprint density at radius 3 is 1.47 bits per heavy atom. The highest BCUT2D eigenvalue weighted by Crippen LogP contribution is 2.48. The van der Waals surface area contributed by atoms with Gasteiger partial charge in [0, 0.05) is 65.8 Å². The van der Waals surface area contributed by atoms with Crippen molar-refractivity contribution in [1.29, 1.82) is 0 Å². The molecule has 0 saturated heterocycles. The standard InChI is InChI=1S/C62H50B2N2O2S2/c1-3-5-17-41-27-31-45(32-28-41)67-47-35-55-61-56(36-47)66(44-21-11-8-12-22-44)54-40-58-52(39-51(54)63(61)49-23-13-15-25-53(49)65(55)43-19-9-7-10-20-43)64-50-24-14-16-26-57(50)69-59-37-48(38-60(70-58)62(59)64)68-46-33-29-42(30-34-46)18-6-4-2/h7-16,19-40H,3-6,17-18H2,1-2H3. The number of hydrogen-bond donors (Lipinski definition) is 0. The smallest absolute Gasteiger partial charge is 0.252 e. The summed E-state index contributed by atoms with van der Waals surface area (Å²) >= 11 is 3.75. The number of aryl methyl sites for hydroxylation is 2. The van der Waals surface area contributed by atoms with E-state index in [0.29, 0.717) is 0 Å². The lowest BCUT2D eigenvalue weighted by Gasteiger charge is -2.45. The molecule has 0 N–H and O–H groups in total. The lowest BCUT2D eigenvalue weighted by atomic mass is 9.31. The molecule has 0 fully saturated rings. The van der Waals surface area contributed by atoms with E-state index in [-0.39, 0.29) is 13.4 Å². The maximum Gasteiger partial charge on any atom is 0.252 e. The van der Waals surface area contributed by atoms with Gasteiger partial charge in [0.25, 0.3) is 6.71 Å². The summed E-state index contributed by atoms with van der Waals surface area (Å²) in [5.41, 5.74) is 17.4. The van der Waals surface area contributed by atoms with Crippen LogP contribution in [-0.2, 0) is 12.8 Å². The van der Waals surface area contributed by atoms with Crippen LogP contribution in [0, 0.1) is 0 Å². The van der Waals surface area contributed by atoms with Crippen molar-refractivity contribution in [3.05, 3.63) is 205 Å². The molecule has 0 spiro atoms. The molecule has 4 aliphatic heterocycles. The lowest BCUT2D eigenvalue weighted by Crippen LogP contribution is -2.64. The third kappa shape index (κ3) is 7.51. The third-order valence-electron chi connectivity index (χ3n) is 14.4. The first-order valence-electron chi connectivity index (χ1n) is 24.9. The Labute approximate surface area is 420 Å². The highest BCUT2D eigenvalue weighted by molar-refractivity contribution is 8.01. The fraction of sp³-hybridized carbons (Fsp3) is 0.129. The lowest BCUT2D eigenvalue weighted by molar-refractivity contribution is 0.480. The predicted octanol–water partition coefficient (Wildman–Crippen LogP) is 13.5. The Morgan fingerprint density at radius 1 is 0.371 bits per heavy atom. The van der Waals surface area contributed by atoms with E-state index < -0.39 is 0 Å². The van der Waals surface area contributed by atoms with Crippen LogP contribution in [0.4, 0.5) is 34.1 Å². The molecule has 70 heavy (non-hydrogen) atoms. The molecule has 0 atom stereocenters. The van der Waals surface area contributed by atoms with Crippen molar-refractivity contribution < 1.29 is 9.47 Å². The van der Waals surface area contributed by atoms with E-state index in [9.17, 15) is 0 Å². The van der Waals surface area contributed by atoms with Crippen molar-refractivity contribution >= 4 is 104 Å². The highest BCUT2D eigenvalue weighted by Gasteiger charge is 2.46. The first-order chi connectivity index (χ1) is 34.6. The van der Waals surface area contributed by atoms with E-state index in [2.05, 4.69) is 218 Å².